The third-order valence-corrected chi connectivity index (χ3v) is 4.54. The number of nitrogens with zero attached hydrogens (tertiary/aromatic N) is 1. The number of carbonyl (C=O) groups excluding carboxylic acids is 2. The van der Waals surface area contributed by atoms with Gasteiger partial charge in [0, 0.05) is 30.9 Å². The Morgan fingerprint density at radius 3 is 2.48 bits per heavy atom. The fourth-order valence-electron chi connectivity index (χ4n) is 2.36. The van der Waals surface area contributed by atoms with Crippen LogP contribution in [-0.4, -0.2) is 37.4 Å². The van der Waals surface area contributed by atoms with E-state index in [1.54, 1.807) is 56.6 Å². The van der Waals surface area contributed by atoms with Gasteiger partial charge in [0.15, 0.2) is 0 Å². The Balaban J connectivity index is 2.07. The zero-order chi connectivity index (χ0) is 20.0. The summed E-state index contributed by atoms with van der Waals surface area (Å²) in [7, 11) is 3.38. The number of rotatable bonds is 7. The van der Waals surface area contributed by atoms with Crippen LogP contribution < -0.4 is 10.1 Å². The molecule has 5 nitrogen and oxygen atoms in total. The molecule has 0 unspecified atom stereocenters. The van der Waals surface area contributed by atoms with E-state index >= 15 is 0 Å². The second kappa shape index (κ2) is 9.55. The first-order valence-corrected chi connectivity index (χ1v) is 9.62. The number of benzene rings is 2. The van der Waals surface area contributed by atoms with Gasteiger partial charge in [-0.05, 0) is 64.7 Å². The van der Waals surface area contributed by atoms with E-state index < -0.39 is 0 Å². The topological polar surface area (TPSA) is 58.6 Å². The normalized spacial score (nSPS) is 10.6. The molecule has 0 saturated heterocycles. The molecule has 2 aromatic rings. The average Bonchev–Trinajstić information content (AvgIpc) is 2.62. The molecule has 0 radical (unpaired) electrons. The number of ether oxygens (including phenoxy) is 1. The number of nitrogens with one attached hydrogen (secondary N) is 1. The average molecular weight is 433 g/mol. The summed E-state index contributed by atoms with van der Waals surface area (Å²) in [6.07, 6.45) is 0.969. The lowest BCUT2D eigenvalue weighted by molar-refractivity contribution is 0.0827. The highest BCUT2D eigenvalue weighted by Gasteiger charge is 2.12. The number of amides is 2. The molecule has 0 heterocycles. The van der Waals surface area contributed by atoms with Crippen molar-refractivity contribution in [2.75, 3.05) is 26.0 Å². The van der Waals surface area contributed by atoms with Crippen molar-refractivity contribution in [1.29, 1.82) is 0 Å². The lowest BCUT2D eigenvalue weighted by Crippen LogP contribution is -2.22. The van der Waals surface area contributed by atoms with E-state index in [-0.39, 0.29) is 11.8 Å². The Kier molecular flexibility index (Phi) is 7.42. The summed E-state index contributed by atoms with van der Waals surface area (Å²) in [5.74, 6) is 0.922. The Morgan fingerprint density at radius 1 is 1.11 bits per heavy atom. The number of hydrogen-bond acceptors (Lipinski definition) is 3. The number of halogens is 1. The largest absolute Gasteiger partial charge is 0.492 e. The summed E-state index contributed by atoms with van der Waals surface area (Å²) in [6.45, 7) is 4.92. The summed E-state index contributed by atoms with van der Waals surface area (Å²) < 4.78 is 6.48. The summed E-state index contributed by atoms with van der Waals surface area (Å²) in [5.41, 5.74) is 1.59. The van der Waals surface area contributed by atoms with E-state index in [1.807, 2.05) is 0 Å². The maximum Gasteiger partial charge on any atom is 0.255 e. The van der Waals surface area contributed by atoms with Gasteiger partial charge in [-0.25, -0.2) is 0 Å². The summed E-state index contributed by atoms with van der Waals surface area (Å²) in [6, 6.07) is 12.1. The van der Waals surface area contributed by atoms with Crippen molar-refractivity contribution in [3.05, 3.63) is 58.1 Å². The first-order chi connectivity index (χ1) is 12.8. The van der Waals surface area contributed by atoms with Crippen molar-refractivity contribution >= 4 is 33.4 Å². The predicted molar refractivity (Wildman–Crippen MR) is 112 cm³/mol. The van der Waals surface area contributed by atoms with Crippen LogP contribution in [0.15, 0.2) is 46.9 Å². The third kappa shape index (κ3) is 6.10. The molecule has 0 fully saturated rings. The molecule has 2 rings (SSSR count). The second-order valence-corrected chi connectivity index (χ2v) is 7.77. The molecule has 0 bridgehead atoms. The molecule has 0 spiro atoms. The van der Waals surface area contributed by atoms with Crippen molar-refractivity contribution in [1.82, 2.24) is 4.90 Å². The predicted octanol–water partition coefficient (Wildman–Crippen LogP) is 4.83. The molecule has 1 N–H and O–H groups in total. The maximum atomic E-state index is 12.5. The maximum absolute atomic E-state index is 12.5. The smallest absolute Gasteiger partial charge is 0.255 e. The molecule has 144 valence electrons. The van der Waals surface area contributed by atoms with Gasteiger partial charge in [-0.15, -0.1) is 0 Å². The fourth-order valence-corrected chi connectivity index (χ4v) is 2.85. The second-order valence-electron chi connectivity index (χ2n) is 6.91. The zero-order valence-electron chi connectivity index (χ0n) is 16.1. The van der Waals surface area contributed by atoms with Crippen LogP contribution in [0.4, 0.5) is 5.69 Å². The van der Waals surface area contributed by atoms with Crippen LogP contribution in [0.2, 0.25) is 0 Å². The number of hydrogen-bond donors (Lipinski definition) is 1. The number of anilines is 1. The zero-order valence-corrected chi connectivity index (χ0v) is 17.7. The Bertz CT molecular complexity index is 819. The minimum Gasteiger partial charge on any atom is -0.492 e. The Labute approximate surface area is 168 Å². The summed E-state index contributed by atoms with van der Waals surface area (Å²) in [5, 5.41) is 2.83. The number of carbonyl (C=O) groups is 2. The molecule has 0 aliphatic rings. The molecule has 2 amide bonds. The Hall–Kier alpha value is -2.34. The highest BCUT2D eigenvalue weighted by Crippen LogP contribution is 2.27. The molecule has 27 heavy (non-hydrogen) atoms. The van der Waals surface area contributed by atoms with E-state index in [1.165, 1.54) is 4.90 Å². The summed E-state index contributed by atoms with van der Waals surface area (Å²) in [4.78, 5) is 26.1. The molecular formula is C21H25BrN2O3. The minimum atomic E-state index is -0.251. The van der Waals surface area contributed by atoms with Crippen molar-refractivity contribution in [2.24, 2.45) is 5.92 Å². The molecule has 0 aliphatic heterocycles. The molecule has 0 saturated carbocycles. The van der Waals surface area contributed by atoms with Gasteiger partial charge in [0.05, 0.1) is 11.1 Å². The van der Waals surface area contributed by atoms with Gasteiger partial charge in [-0.1, -0.05) is 19.9 Å². The van der Waals surface area contributed by atoms with Crippen LogP contribution in [0, 0.1) is 5.92 Å². The lowest BCUT2D eigenvalue weighted by atomic mass is 10.1. The van der Waals surface area contributed by atoms with E-state index in [0.29, 0.717) is 35.1 Å². The molecule has 0 aromatic heterocycles. The van der Waals surface area contributed by atoms with E-state index in [0.717, 1.165) is 10.9 Å². The van der Waals surface area contributed by atoms with Crippen LogP contribution >= 0.6 is 15.9 Å². The SMILES string of the molecule is CC(C)CCOc1ccc(C(=O)Nc2cccc(C(=O)N(C)C)c2)cc1Br. The van der Waals surface area contributed by atoms with Gasteiger partial charge >= 0.3 is 0 Å². The summed E-state index contributed by atoms with van der Waals surface area (Å²) >= 11 is 3.46. The van der Waals surface area contributed by atoms with Crippen molar-refractivity contribution < 1.29 is 14.3 Å². The van der Waals surface area contributed by atoms with Gasteiger partial charge in [0.1, 0.15) is 5.75 Å². The van der Waals surface area contributed by atoms with Crippen LogP contribution in [0.3, 0.4) is 0 Å². The highest BCUT2D eigenvalue weighted by molar-refractivity contribution is 9.10. The van der Waals surface area contributed by atoms with E-state index in [4.69, 9.17) is 4.74 Å². The van der Waals surface area contributed by atoms with Crippen LogP contribution in [0.25, 0.3) is 0 Å². The Morgan fingerprint density at radius 2 is 1.85 bits per heavy atom. The van der Waals surface area contributed by atoms with Crippen LogP contribution in [-0.2, 0) is 0 Å². The first-order valence-electron chi connectivity index (χ1n) is 8.83. The van der Waals surface area contributed by atoms with Crippen LogP contribution in [0.5, 0.6) is 5.75 Å². The molecule has 0 atom stereocenters. The van der Waals surface area contributed by atoms with Gasteiger partial charge in [0.2, 0.25) is 0 Å². The molecule has 6 heteroatoms. The standard InChI is InChI=1S/C21H25BrN2O3/c1-14(2)10-11-27-19-9-8-15(13-18(19)22)20(25)23-17-7-5-6-16(12-17)21(26)24(3)4/h5-9,12-14H,10-11H2,1-4H3,(H,23,25). The molecule has 0 aliphatic carbocycles. The van der Waals surface area contributed by atoms with Gasteiger partial charge in [-0.3, -0.25) is 9.59 Å². The van der Waals surface area contributed by atoms with E-state index in [2.05, 4.69) is 35.1 Å². The van der Waals surface area contributed by atoms with Crippen molar-refractivity contribution in [2.45, 2.75) is 20.3 Å². The van der Waals surface area contributed by atoms with Crippen molar-refractivity contribution in [3.63, 3.8) is 0 Å². The van der Waals surface area contributed by atoms with Gasteiger partial charge in [-0.2, -0.15) is 0 Å². The monoisotopic (exact) mass is 432 g/mol. The fraction of sp³-hybridized carbons (Fsp3) is 0.333. The molecular weight excluding hydrogens is 408 g/mol. The minimum absolute atomic E-state index is 0.114. The van der Waals surface area contributed by atoms with Gasteiger partial charge < -0.3 is 15.0 Å². The van der Waals surface area contributed by atoms with Gasteiger partial charge in [0.25, 0.3) is 11.8 Å². The molecule has 2 aromatic carbocycles. The first kappa shape index (κ1) is 21.0. The lowest BCUT2D eigenvalue weighted by Gasteiger charge is -2.13. The van der Waals surface area contributed by atoms with E-state index in [9.17, 15) is 9.59 Å². The third-order valence-electron chi connectivity index (χ3n) is 3.92. The van der Waals surface area contributed by atoms with Crippen LogP contribution in [0.1, 0.15) is 41.0 Å². The quantitative estimate of drug-likeness (QED) is 0.681. The highest BCUT2D eigenvalue weighted by atomic mass is 79.9. The van der Waals surface area contributed by atoms with Crippen molar-refractivity contribution in [3.8, 4) is 5.75 Å².